The lowest BCUT2D eigenvalue weighted by Crippen LogP contribution is -2.35. The summed E-state index contributed by atoms with van der Waals surface area (Å²) >= 11 is 2.05. The summed E-state index contributed by atoms with van der Waals surface area (Å²) in [6.45, 7) is 16.0. The molecule has 2 nitrogen and oxygen atoms in total. The molecule has 1 fully saturated rings. The van der Waals surface area contributed by atoms with E-state index in [9.17, 15) is 0 Å². The van der Waals surface area contributed by atoms with Crippen LogP contribution in [0.15, 0.2) is 42.5 Å². The molecule has 0 N–H and O–H groups in total. The molecule has 2 aromatic rings. The van der Waals surface area contributed by atoms with Crippen molar-refractivity contribution in [1.29, 1.82) is 0 Å². The van der Waals surface area contributed by atoms with Crippen LogP contribution >= 0.6 is 11.8 Å². The first-order chi connectivity index (χ1) is 15.2. The lowest BCUT2D eigenvalue weighted by Gasteiger charge is -2.42. The van der Waals surface area contributed by atoms with Gasteiger partial charge in [-0.3, -0.25) is 4.90 Å². The fraction of sp³-hybridized carbons (Fsp3) is 0.517. The summed E-state index contributed by atoms with van der Waals surface area (Å²) < 4.78 is 5.99. The van der Waals surface area contributed by atoms with Crippen LogP contribution in [0.3, 0.4) is 0 Å². The number of allylic oxidation sites excluding steroid dienone is 1. The second kappa shape index (κ2) is 9.65. The Hall–Kier alpha value is -1.71. The van der Waals surface area contributed by atoms with Gasteiger partial charge in [-0.15, -0.1) is 0 Å². The molecule has 2 aliphatic rings. The van der Waals surface area contributed by atoms with E-state index in [0.29, 0.717) is 0 Å². The van der Waals surface area contributed by atoms with Gasteiger partial charge in [0.15, 0.2) is 0 Å². The van der Waals surface area contributed by atoms with Crippen molar-refractivity contribution in [3.8, 4) is 5.75 Å². The highest BCUT2D eigenvalue weighted by Crippen LogP contribution is 2.46. The summed E-state index contributed by atoms with van der Waals surface area (Å²) in [6.07, 6.45) is 4.79. The summed E-state index contributed by atoms with van der Waals surface area (Å²) in [4.78, 5) is 2.50. The van der Waals surface area contributed by atoms with Gasteiger partial charge in [-0.1, -0.05) is 64.1 Å². The van der Waals surface area contributed by atoms with Crippen molar-refractivity contribution < 1.29 is 4.74 Å². The summed E-state index contributed by atoms with van der Waals surface area (Å²) in [5.74, 6) is 3.46. The van der Waals surface area contributed by atoms with Gasteiger partial charge in [0.25, 0.3) is 0 Å². The molecule has 172 valence electrons. The Kier molecular flexibility index (Phi) is 7.07. The molecule has 0 unspecified atom stereocenters. The molecule has 0 aromatic heterocycles. The van der Waals surface area contributed by atoms with Gasteiger partial charge in [-0.2, -0.15) is 11.8 Å². The number of rotatable bonds is 6. The van der Waals surface area contributed by atoms with Crippen LogP contribution in [0.5, 0.6) is 5.75 Å². The predicted octanol–water partition coefficient (Wildman–Crippen LogP) is 7.02. The zero-order valence-corrected chi connectivity index (χ0v) is 21.4. The molecule has 0 spiro atoms. The molecule has 3 heteroatoms. The quantitative estimate of drug-likeness (QED) is 0.440. The van der Waals surface area contributed by atoms with Crippen molar-refractivity contribution in [1.82, 2.24) is 4.90 Å². The Morgan fingerprint density at radius 3 is 2.28 bits per heavy atom. The standard InChI is InChI=1S/C29H39NOS/c1-22(24-8-11-26-27(21-24)29(4,5)13-12-28(26,2)3)20-23-6-9-25(10-7-23)31-17-14-30-15-18-32-19-16-30/h6-11,20-21H,12-19H2,1-5H3. The molecule has 1 aliphatic heterocycles. The Labute approximate surface area is 199 Å². The summed E-state index contributed by atoms with van der Waals surface area (Å²) in [5, 5.41) is 0. The molecule has 0 bridgehead atoms. The minimum Gasteiger partial charge on any atom is -0.492 e. The maximum atomic E-state index is 5.99. The summed E-state index contributed by atoms with van der Waals surface area (Å²) in [6, 6.07) is 15.7. The lowest BCUT2D eigenvalue weighted by molar-refractivity contribution is 0.222. The molecule has 2 aromatic carbocycles. The van der Waals surface area contributed by atoms with Crippen LogP contribution in [-0.4, -0.2) is 42.6 Å². The third-order valence-corrected chi connectivity index (χ3v) is 8.29. The van der Waals surface area contributed by atoms with Gasteiger partial charge < -0.3 is 4.74 Å². The van der Waals surface area contributed by atoms with E-state index in [4.69, 9.17) is 4.74 Å². The zero-order valence-electron chi connectivity index (χ0n) is 20.5. The Bertz CT molecular complexity index is 952. The smallest absolute Gasteiger partial charge is 0.119 e. The average Bonchev–Trinajstić information content (AvgIpc) is 2.79. The van der Waals surface area contributed by atoms with Crippen molar-refractivity contribution in [3.05, 3.63) is 64.7 Å². The van der Waals surface area contributed by atoms with Crippen molar-refractivity contribution >= 4 is 23.4 Å². The third kappa shape index (κ3) is 5.43. The molecular formula is C29H39NOS. The van der Waals surface area contributed by atoms with E-state index < -0.39 is 0 Å². The van der Waals surface area contributed by atoms with Crippen LogP contribution in [0.25, 0.3) is 11.6 Å². The largest absolute Gasteiger partial charge is 0.492 e. The Morgan fingerprint density at radius 1 is 0.938 bits per heavy atom. The molecule has 4 rings (SSSR count). The normalized spacial score (nSPS) is 20.6. The Balaban J connectivity index is 1.42. The molecule has 0 amide bonds. The molecule has 32 heavy (non-hydrogen) atoms. The maximum Gasteiger partial charge on any atom is 0.119 e. The van der Waals surface area contributed by atoms with E-state index in [1.165, 1.54) is 65.3 Å². The second-order valence-electron chi connectivity index (χ2n) is 10.7. The summed E-state index contributed by atoms with van der Waals surface area (Å²) in [5.41, 5.74) is 7.42. The van der Waals surface area contributed by atoms with Crippen molar-refractivity contribution in [2.24, 2.45) is 0 Å². The van der Waals surface area contributed by atoms with Gasteiger partial charge in [-0.05, 0) is 70.6 Å². The van der Waals surface area contributed by atoms with Gasteiger partial charge in [0.05, 0.1) is 0 Å². The fourth-order valence-electron chi connectivity index (χ4n) is 4.94. The first-order valence-corrected chi connectivity index (χ1v) is 13.3. The molecule has 0 saturated carbocycles. The van der Waals surface area contributed by atoms with Crippen molar-refractivity contribution in [2.45, 2.75) is 58.3 Å². The SMILES string of the molecule is CC(=Cc1ccc(OCCN2CCSCC2)cc1)c1ccc2c(c1)C(C)(C)CCC2(C)C. The minimum absolute atomic E-state index is 0.243. The number of thioether (sulfide) groups is 1. The van der Waals surface area contributed by atoms with Crippen molar-refractivity contribution in [3.63, 3.8) is 0 Å². The van der Waals surface area contributed by atoms with Crippen LogP contribution in [0, 0.1) is 0 Å². The number of nitrogens with zero attached hydrogens (tertiary/aromatic N) is 1. The second-order valence-corrected chi connectivity index (χ2v) is 12.0. The van der Waals surface area contributed by atoms with Crippen LogP contribution in [0.2, 0.25) is 0 Å². The lowest BCUT2D eigenvalue weighted by atomic mass is 9.63. The van der Waals surface area contributed by atoms with Crippen LogP contribution < -0.4 is 4.74 Å². The number of fused-ring (bicyclic) bond motifs is 1. The van der Waals surface area contributed by atoms with Gasteiger partial charge in [0.2, 0.25) is 0 Å². The Morgan fingerprint density at radius 2 is 1.59 bits per heavy atom. The minimum atomic E-state index is 0.243. The van der Waals surface area contributed by atoms with Gasteiger partial charge in [0.1, 0.15) is 12.4 Å². The zero-order chi connectivity index (χ0) is 22.8. The highest BCUT2D eigenvalue weighted by Gasteiger charge is 2.36. The molecule has 1 heterocycles. The van der Waals surface area contributed by atoms with Crippen LogP contribution in [0.4, 0.5) is 0 Å². The number of hydrogen-bond acceptors (Lipinski definition) is 3. The average molecular weight is 450 g/mol. The molecule has 1 saturated heterocycles. The topological polar surface area (TPSA) is 12.5 Å². The maximum absolute atomic E-state index is 5.99. The number of ether oxygens (including phenoxy) is 1. The molecular weight excluding hydrogens is 410 g/mol. The monoisotopic (exact) mass is 449 g/mol. The highest BCUT2D eigenvalue weighted by molar-refractivity contribution is 7.99. The van der Waals surface area contributed by atoms with E-state index in [2.05, 4.69) is 99.8 Å². The summed E-state index contributed by atoms with van der Waals surface area (Å²) in [7, 11) is 0. The van der Waals surface area contributed by atoms with E-state index in [1.54, 1.807) is 0 Å². The molecule has 1 aliphatic carbocycles. The number of benzene rings is 2. The first kappa shape index (κ1) is 23.4. The van der Waals surface area contributed by atoms with E-state index in [1.807, 2.05) is 0 Å². The highest BCUT2D eigenvalue weighted by atomic mass is 32.2. The third-order valence-electron chi connectivity index (χ3n) is 7.35. The fourth-order valence-corrected chi connectivity index (χ4v) is 5.92. The van der Waals surface area contributed by atoms with E-state index in [0.717, 1.165) is 18.9 Å². The van der Waals surface area contributed by atoms with E-state index >= 15 is 0 Å². The van der Waals surface area contributed by atoms with E-state index in [-0.39, 0.29) is 10.8 Å². The predicted molar refractivity (Wildman–Crippen MR) is 141 cm³/mol. The van der Waals surface area contributed by atoms with Gasteiger partial charge in [-0.25, -0.2) is 0 Å². The van der Waals surface area contributed by atoms with Gasteiger partial charge in [0, 0.05) is 31.1 Å². The van der Waals surface area contributed by atoms with Crippen molar-refractivity contribution in [2.75, 3.05) is 37.7 Å². The van der Waals surface area contributed by atoms with Gasteiger partial charge >= 0.3 is 0 Å². The van der Waals surface area contributed by atoms with Crippen LogP contribution in [-0.2, 0) is 10.8 Å². The first-order valence-electron chi connectivity index (χ1n) is 12.1. The molecule has 0 atom stereocenters. The van der Waals surface area contributed by atoms with Crippen LogP contribution in [0.1, 0.15) is 69.7 Å². The molecule has 0 radical (unpaired) electrons. The number of hydrogen-bond donors (Lipinski definition) is 0.